The summed E-state index contributed by atoms with van der Waals surface area (Å²) in [4.78, 5) is 5.83. The fourth-order valence-electron chi connectivity index (χ4n) is 2.06. The Hall–Kier alpha value is -0.930. The molecule has 0 saturated carbocycles. The highest BCUT2D eigenvalue weighted by Crippen LogP contribution is 2.23. The van der Waals surface area contributed by atoms with Crippen LogP contribution < -0.4 is 3.96 Å². The van der Waals surface area contributed by atoms with Gasteiger partial charge in [0.25, 0.3) is 0 Å². The number of aryl methyl sites for hydroxylation is 2. The van der Waals surface area contributed by atoms with Crippen molar-refractivity contribution in [1.82, 2.24) is 4.98 Å². The van der Waals surface area contributed by atoms with E-state index < -0.39 is 0 Å². The summed E-state index contributed by atoms with van der Waals surface area (Å²) in [5.74, 6) is 0.923. The molecule has 2 heterocycles. The lowest BCUT2D eigenvalue weighted by Gasteiger charge is -2.05. The minimum atomic E-state index is 0.552. The molecule has 2 aromatic heterocycles. The third-order valence-electron chi connectivity index (χ3n) is 2.87. The maximum Gasteiger partial charge on any atom is 0.340 e. The van der Waals surface area contributed by atoms with Gasteiger partial charge in [0.2, 0.25) is 5.15 Å². The highest BCUT2D eigenvalue weighted by atomic mass is 35.5. The summed E-state index contributed by atoms with van der Waals surface area (Å²) in [6.07, 6.45) is 7.26. The monoisotopic (exact) mass is 251 g/mol. The fraction of sp³-hybridized carbons (Fsp3) is 0.333. The predicted molar refractivity (Wildman–Crippen MR) is 65.3 cm³/mol. The van der Waals surface area contributed by atoms with Crippen molar-refractivity contribution in [1.29, 1.82) is 0 Å². The Morgan fingerprint density at radius 1 is 1.25 bits per heavy atom. The van der Waals surface area contributed by atoms with Gasteiger partial charge in [-0.2, -0.15) is 0 Å². The summed E-state index contributed by atoms with van der Waals surface area (Å²) in [5, 5.41) is 0.552. The molecule has 0 amide bonds. The highest BCUT2D eigenvalue weighted by molar-refractivity contribution is 7.02. The molecule has 2 aromatic rings. The average Bonchev–Trinajstić information content (AvgIpc) is 2.72. The van der Waals surface area contributed by atoms with Crippen molar-refractivity contribution in [3.63, 3.8) is 0 Å². The molecular formula is C12H12ClN2S+. The lowest BCUT2D eigenvalue weighted by atomic mass is 10.0. The lowest BCUT2D eigenvalue weighted by molar-refractivity contribution is -0.524. The van der Waals surface area contributed by atoms with E-state index in [1.54, 1.807) is 17.6 Å². The first-order valence-electron chi connectivity index (χ1n) is 5.49. The Morgan fingerprint density at radius 3 is 2.94 bits per heavy atom. The second-order valence-electron chi connectivity index (χ2n) is 4.02. The number of halogens is 1. The topological polar surface area (TPSA) is 16.8 Å². The molecule has 4 heteroatoms. The number of nitrogens with zero attached hydrogens (tertiary/aromatic N) is 2. The number of rotatable bonds is 1. The van der Waals surface area contributed by atoms with Gasteiger partial charge in [-0.05, 0) is 48.3 Å². The number of hydrogen-bond acceptors (Lipinski definition) is 2. The first-order valence-corrected chi connectivity index (χ1v) is 6.65. The zero-order valence-corrected chi connectivity index (χ0v) is 10.4. The molecule has 0 bridgehead atoms. The number of pyridine rings is 1. The van der Waals surface area contributed by atoms with Crippen molar-refractivity contribution in [3.05, 3.63) is 40.0 Å². The van der Waals surface area contributed by atoms with Crippen molar-refractivity contribution >= 4 is 23.1 Å². The summed E-state index contributed by atoms with van der Waals surface area (Å²) in [7, 11) is 0. The van der Waals surface area contributed by atoms with Crippen molar-refractivity contribution < 1.29 is 3.96 Å². The van der Waals surface area contributed by atoms with Crippen molar-refractivity contribution in [2.45, 2.75) is 25.7 Å². The summed E-state index contributed by atoms with van der Waals surface area (Å²) in [6, 6.07) is 5.74. The standard InChI is InChI=1S/C12H12ClN2S/c13-11-6-3-7-12(14-11)15-8-9-4-1-2-5-10(9)16-15/h3,6-8H,1-2,4-5H2/q+1. The lowest BCUT2D eigenvalue weighted by Crippen LogP contribution is -2.25. The molecule has 0 fully saturated rings. The van der Waals surface area contributed by atoms with Crippen LogP contribution in [-0.4, -0.2) is 4.98 Å². The van der Waals surface area contributed by atoms with E-state index >= 15 is 0 Å². The molecule has 0 radical (unpaired) electrons. The third kappa shape index (κ3) is 1.85. The van der Waals surface area contributed by atoms with E-state index in [0.717, 1.165) is 5.82 Å². The number of fused-ring (bicyclic) bond motifs is 1. The molecule has 2 nitrogen and oxygen atoms in total. The molecule has 82 valence electrons. The zero-order chi connectivity index (χ0) is 11.0. The van der Waals surface area contributed by atoms with Crippen LogP contribution in [0.4, 0.5) is 0 Å². The van der Waals surface area contributed by atoms with Gasteiger partial charge in [-0.15, -0.1) is 3.96 Å². The van der Waals surface area contributed by atoms with E-state index in [-0.39, 0.29) is 0 Å². The first kappa shape index (κ1) is 10.2. The van der Waals surface area contributed by atoms with Crippen molar-refractivity contribution in [3.8, 4) is 5.82 Å². The maximum atomic E-state index is 5.90. The van der Waals surface area contributed by atoms with Crippen LogP contribution in [0.15, 0.2) is 24.4 Å². The van der Waals surface area contributed by atoms with Gasteiger partial charge in [-0.1, -0.05) is 0 Å². The maximum absolute atomic E-state index is 5.90. The second kappa shape index (κ2) is 4.15. The molecular weight excluding hydrogens is 240 g/mol. The molecule has 0 N–H and O–H groups in total. The third-order valence-corrected chi connectivity index (χ3v) is 4.25. The van der Waals surface area contributed by atoms with Crippen LogP contribution in [0.2, 0.25) is 5.15 Å². The van der Waals surface area contributed by atoms with E-state index in [4.69, 9.17) is 11.6 Å². The quantitative estimate of drug-likeness (QED) is 0.563. The molecule has 1 aliphatic carbocycles. The van der Waals surface area contributed by atoms with Crippen LogP contribution in [0, 0.1) is 0 Å². The van der Waals surface area contributed by atoms with Gasteiger partial charge in [0.15, 0.2) is 0 Å². The van der Waals surface area contributed by atoms with Crippen LogP contribution in [0.3, 0.4) is 0 Å². The summed E-state index contributed by atoms with van der Waals surface area (Å²) in [6.45, 7) is 0. The Balaban J connectivity index is 2.03. The van der Waals surface area contributed by atoms with Gasteiger partial charge in [0.05, 0.1) is 4.88 Å². The molecule has 1 aliphatic rings. The first-order chi connectivity index (χ1) is 7.83. The zero-order valence-electron chi connectivity index (χ0n) is 8.82. The van der Waals surface area contributed by atoms with Crippen LogP contribution >= 0.6 is 23.1 Å². The predicted octanol–water partition coefficient (Wildman–Crippen LogP) is 2.95. The molecule has 0 spiro atoms. The van der Waals surface area contributed by atoms with Crippen LogP contribution in [0.25, 0.3) is 5.82 Å². The van der Waals surface area contributed by atoms with Crippen molar-refractivity contribution in [2.75, 3.05) is 0 Å². The number of aromatic nitrogens is 2. The Morgan fingerprint density at radius 2 is 2.12 bits per heavy atom. The SMILES string of the molecule is Clc1cccc(-[n+]2cc3c(s2)CCCC3)n1. The molecule has 0 aromatic carbocycles. The minimum Gasteiger partial charge on any atom is -0.143 e. The minimum absolute atomic E-state index is 0.552. The smallest absolute Gasteiger partial charge is 0.143 e. The van der Waals surface area contributed by atoms with E-state index in [1.807, 2.05) is 12.1 Å². The molecule has 0 atom stereocenters. The van der Waals surface area contributed by atoms with Crippen LogP contribution in [0.5, 0.6) is 0 Å². The normalized spacial score (nSPS) is 14.8. The molecule has 0 unspecified atom stereocenters. The van der Waals surface area contributed by atoms with Crippen molar-refractivity contribution in [2.24, 2.45) is 0 Å². The van der Waals surface area contributed by atoms with Gasteiger partial charge < -0.3 is 0 Å². The van der Waals surface area contributed by atoms with E-state index in [0.29, 0.717) is 5.15 Å². The Kier molecular flexibility index (Phi) is 2.65. The van der Waals surface area contributed by atoms with Gasteiger partial charge in [-0.25, -0.2) is 0 Å². The fourth-order valence-corrected chi connectivity index (χ4v) is 3.34. The molecule has 0 aliphatic heterocycles. The molecule has 16 heavy (non-hydrogen) atoms. The second-order valence-corrected chi connectivity index (χ2v) is 5.48. The Labute approximate surface area is 104 Å². The van der Waals surface area contributed by atoms with E-state index in [1.165, 1.54) is 36.1 Å². The average molecular weight is 252 g/mol. The van der Waals surface area contributed by atoms with E-state index in [9.17, 15) is 0 Å². The van der Waals surface area contributed by atoms with Gasteiger partial charge >= 0.3 is 5.82 Å². The van der Waals surface area contributed by atoms with Gasteiger partial charge in [-0.3, -0.25) is 0 Å². The van der Waals surface area contributed by atoms with Gasteiger partial charge in [0, 0.05) is 29.2 Å². The molecule has 3 rings (SSSR count). The summed E-state index contributed by atoms with van der Waals surface area (Å²) >= 11 is 7.69. The largest absolute Gasteiger partial charge is 0.340 e. The number of hydrogen-bond donors (Lipinski definition) is 0. The summed E-state index contributed by atoms with van der Waals surface area (Å²) in [5.41, 5.74) is 1.48. The van der Waals surface area contributed by atoms with E-state index in [2.05, 4.69) is 15.1 Å². The summed E-state index contributed by atoms with van der Waals surface area (Å²) < 4.78 is 2.13. The molecule has 0 saturated heterocycles. The highest BCUT2D eigenvalue weighted by Gasteiger charge is 2.19. The van der Waals surface area contributed by atoms with Gasteiger partial charge in [0.1, 0.15) is 6.20 Å². The Bertz CT molecular complexity index is 498. The van der Waals surface area contributed by atoms with Crippen LogP contribution in [-0.2, 0) is 12.8 Å². The van der Waals surface area contributed by atoms with Crippen LogP contribution in [0.1, 0.15) is 23.3 Å².